The van der Waals surface area contributed by atoms with E-state index in [1.165, 1.54) is 0 Å². The summed E-state index contributed by atoms with van der Waals surface area (Å²) in [5.74, 6) is -1.12. The van der Waals surface area contributed by atoms with Crippen molar-refractivity contribution < 1.29 is 19.5 Å². The van der Waals surface area contributed by atoms with Gasteiger partial charge in [-0.05, 0) is 26.2 Å². The molecule has 0 aliphatic carbocycles. The highest BCUT2D eigenvalue weighted by atomic mass is 16.4. The van der Waals surface area contributed by atoms with Crippen LogP contribution < -0.4 is 0 Å². The molecule has 0 fully saturated rings. The molecular formula is C20H40NO3+. The summed E-state index contributed by atoms with van der Waals surface area (Å²) < 4.78 is 0.717. The fourth-order valence-electron chi connectivity index (χ4n) is 3.23. The number of aliphatic hydroxyl groups is 1. The third-order valence-corrected chi connectivity index (χ3v) is 4.71. The predicted octanol–water partition coefficient (Wildman–Crippen LogP) is 4.23. The highest BCUT2D eigenvalue weighted by molar-refractivity contribution is 5.69. The number of nitrogens with zero attached hydrogens (tertiary/aromatic N) is 1. The first kappa shape index (κ1) is 23.1. The molecule has 24 heavy (non-hydrogen) atoms. The SMILES string of the molecule is CCCC/C=C/C(O)C[N+](CCCC)(CCCC)CC(C)C(=O)O. The van der Waals surface area contributed by atoms with Crippen LogP contribution in [0.1, 0.15) is 72.6 Å². The van der Waals surface area contributed by atoms with Gasteiger partial charge in [0, 0.05) is 0 Å². The summed E-state index contributed by atoms with van der Waals surface area (Å²) in [7, 11) is 0. The van der Waals surface area contributed by atoms with E-state index in [4.69, 9.17) is 0 Å². The van der Waals surface area contributed by atoms with Crippen molar-refractivity contribution in [3.05, 3.63) is 12.2 Å². The number of quaternary nitrogens is 1. The first-order valence-corrected chi connectivity index (χ1v) is 9.83. The Kier molecular flexibility index (Phi) is 12.9. The van der Waals surface area contributed by atoms with Crippen molar-refractivity contribution in [3.63, 3.8) is 0 Å². The van der Waals surface area contributed by atoms with Crippen LogP contribution in [0.25, 0.3) is 0 Å². The number of carbonyl (C=O) groups is 1. The first-order chi connectivity index (χ1) is 11.4. The van der Waals surface area contributed by atoms with Gasteiger partial charge in [-0.1, -0.05) is 58.6 Å². The van der Waals surface area contributed by atoms with Crippen molar-refractivity contribution in [2.75, 3.05) is 26.2 Å². The Balaban J connectivity index is 5.06. The number of hydrogen-bond donors (Lipinski definition) is 2. The number of unbranched alkanes of at least 4 members (excludes halogenated alkanes) is 4. The lowest BCUT2D eigenvalue weighted by molar-refractivity contribution is -0.932. The summed E-state index contributed by atoms with van der Waals surface area (Å²) in [5.41, 5.74) is 0. The number of aliphatic hydroxyl groups excluding tert-OH is 1. The molecule has 0 aromatic carbocycles. The van der Waals surface area contributed by atoms with Crippen LogP contribution in [0, 0.1) is 5.92 Å². The molecule has 0 aliphatic rings. The van der Waals surface area contributed by atoms with Crippen molar-refractivity contribution in [2.45, 2.75) is 78.7 Å². The number of allylic oxidation sites excluding steroid dienone is 1. The van der Waals surface area contributed by atoms with E-state index in [9.17, 15) is 15.0 Å². The van der Waals surface area contributed by atoms with Crippen molar-refractivity contribution >= 4 is 5.97 Å². The van der Waals surface area contributed by atoms with Crippen molar-refractivity contribution in [3.8, 4) is 0 Å². The minimum atomic E-state index is -0.738. The van der Waals surface area contributed by atoms with Gasteiger partial charge in [-0.15, -0.1) is 0 Å². The molecule has 142 valence electrons. The standard InChI is InChI=1S/C20H39NO3/c1-5-8-11-12-13-19(22)17-21(14-9-6-2,15-10-7-3)16-18(4)20(23)24/h12-13,18-19,22H,5-11,14-17H2,1-4H3/p+1/b13-12+. The summed E-state index contributed by atoms with van der Waals surface area (Å²) in [6, 6.07) is 0. The molecule has 2 unspecified atom stereocenters. The smallest absolute Gasteiger partial charge is 0.311 e. The van der Waals surface area contributed by atoms with Crippen LogP contribution in [0.5, 0.6) is 0 Å². The van der Waals surface area contributed by atoms with Crippen LogP contribution in [0.2, 0.25) is 0 Å². The number of aliphatic carboxylic acids is 1. The quantitative estimate of drug-likeness (QED) is 0.266. The molecule has 0 aromatic rings. The van der Waals surface area contributed by atoms with Crippen LogP contribution in [-0.4, -0.2) is 52.9 Å². The Hall–Kier alpha value is -0.870. The minimum absolute atomic E-state index is 0.380. The molecule has 0 aromatic heterocycles. The summed E-state index contributed by atoms with van der Waals surface area (Å²) in [4.78, 5) is 11.4. The van der Waals surface area contributed by atoms with Gasteiger partial charge in [0.25, 0.3) is 0 Å². The summed E-state index contributed by atoms with van der Waals surface area (Å²) in [6.07, 6.45) is 11.1. The van der Waals surface area contributed by atoms with Crippen molar-refractivity contribution in [2.24, 2.45) is 5.92 Å². The average Bonchev–Trinajstić information content (AvgIpc) is 2.54. The maximum Gasteiger partial charge on any atom is 0.311 e. The maximum absolute atomic E-state index is 11.4. The Morgan fingerprint density at radius 2 is 1.54 bits per heavy atom. The molecule has 4 nitrogen and oxygen atoms in total. The maximum atomic E-state index is 11.4. The topological polar surface area (TPSA) is 57.5 Å². The molecule has 0 bridgehead atoms. The average molecular weight is 343 g/mol. The summed E-state index contributed by atoms with van der Waals surface area (Å²) in [6.45, 7) is 11.4. The highest BCUT2D eigenvalue weighted by Crippen LogP contribution is 2.18. The molecule has 0 amide bonds. The van der Waals surface area contributed by atoms with E-state index >= 15 is 0 Å². The zero-order valence-corrected chi connectivity index (χ0v) is 16.3. The number of hydrogen-bond acceptors (Lipinski definition) is 2. The van der Waals surface area contributed by atoms with E-state index in [0.717, 1.165) is 58.0 Å². The van der Waals surface area contributed by atoms with E-state index in [-0.39, 0.29) is 5.92 Å². The van der Waals surface area contributed by atoms with Gasteiger partial charge < -0.3 is 14.7 Å². The van der Waals surface area contributed by atoms with Gasteiger partial charge in [-0.2, -0.15) is 0 Å². The van der Waals surface area contributed by atoms with Gasteiger partial charge in [0.2, 0.25) is 0 Å². The minimum Gasteiger partial charge on any atom is -0.481 e. The van der Waals surface area contributed by atoms with Crippen LogP contribution in [0.4, 0.5) is 0 Å². The lowest BCUT2D eigenvalue weighted by atomic mass is 10.1. The van der Waals surface area contributed by atoms with Crippen LogP contribution in [-0.2, 0) is 4.79 Å². The fraction of sp³-hybridized carbons (Fsp3) is 0.850. The van der Waals surface area contributed by atoms with Crippen molar-refractivity contribution in [1.82, 2.24) is 0 Å². The molecule has 0 spiro atoms. The van der Waals surface area contributed by atoms with E-state index in [0.29, 0.717) is 17.6 Å². The number of carboxylic acids is 1. The third kappa shape index (κ3) is 10.1. The zero-order valence-electron chi connectivity index (χ0n) is 16.3. The monoisotopic (exact) mass is 342 g/mol. The van der Waals surface area contributed by atoms with Gasteiger partial charge in [0.05, 0.1) is 19.6 Å². The Bertz CT molecular complexity index is 347. The number of carboxylic acid groups (broad SMARTS) is 1. The Morgan fingerprint density at radius 3 is 2.00 bits per heavy atom. The van der Waals surface area contributed by atoms with Gasteiger partial charge in [-0.25, -0.2) is 0 Å². The Morgan fingerprint density at radius 1 is 1.00 bits per heavy atom. The lowest BCUT2D eigenvalue weighted by Gasteiger charge is -2.41. The van der Waals surface area contributed by atoms with Crippen LogP contribution in [0.15, 0.2) is 12.2 Å². The first-order valence-electron chi connectivity index (χ1n) is 9.83. The van der Waals surface area contributed by atoms with Gasteiger partial charge >= 0.3 is 5.97 Å². The van der Waals surface area contributed by atoms with E-state index in [2.05, 4.69) is 26.8 Å². The van der Waals surface area contributed by atoms with Gasteiger partial charge in [0.15, 0.2) is 0 Å². The van der Waals surface area contributed by atoms with Crippen molar-refractivity contribution in [1.29, 1.82) is 0 Å². The molecule has 0 saturated carbocycles. The second-order valence-electron chi connectivity index (χ2n) is 7.24. The molecule has 4 heteroatoms. The molecule has 2 N–H and O–H groups in total. The molecule has 2 atom stereocenters. The third-order valence-electron chi connectivity index (χ3n) is 4.71. The Labute approximate surface area is 149 Å². The highest BCUT2D eigenvalue weighted by Gasteiger charge is 2.33. The van der Waals surface area contributed by atoms with E-state index in [1.807, 2.05) is 6.08 Å². The second kappa shape index (κ2) is 13.4. The molecule has 0 rings (SSSR count). The second-order valence-corrected chi connectivity index (χ2v) is 7.24. The summed E-state index contributed by atoms with van der Waals surface area (Å²) in [5, 5.41) is 19.8. The molecule has 0 aliphatic heterocycles. The fourth-order valence-corrected chi connectivity index (χ4v) is 3.23. The normalized spacial score (nSPS) is 14.9. The van der Waals surface area contributed by atoms with Gasteiger partial charge in [-0.3, -0.25) is 4.79 Å². The predicted molar refractivity (Wildman–Crippen MR) is 101 cm³/mol. The van der Waals surface area contributed by atoms with Crippen LogP contribution >= 0.6 is 0 Å². The van der Waals surface area contributed by atoms with E-state index in [1.54, 1.807) is 6.92 Å². The van der Waals surface area contributed by atoms with E-state index < -0.39 is 12.1 Å². The lowest BCUT2D eigenvalue weighted by Crippen LogP contribution is -2.56. The molecule has 0 heterocycles. The summed E-state index contributed by atoms with van der Waals surface area (Å²) >= 11 is 0. The zero-order chi connectivity index (χ0) is 18.4. The molecule has 0 saturated heterocycles. The molecule has 0 radical (unpaired) electrons. The molecular weight excluding hydrogens is 302 g/mol. The van der Waals surface area contributed by atoms with Crippen LogP contribution in [0.3, 0.4) is 0 Å². The number of rotatable bonds is 15. The largest absolute Gasteiger partial charge is 0.481 e. The van der Waals surface area contributed by atoms with Gasteiger partial charge in [0.1, 0.15) is 18.6 Å².